The van der Waals surface area contributed by atoms with E-state index in [4.69, 9.17) is 14.2 Å². The molecule has 2 rings (SSSR count). The first-order valence-corrected chi connectivity index (χ1v) is 10.3. The fraction of sp³-hybridized carbons (Fsp3) is 0.263. The van der Waals surface area contributed by atoms with Crippen LogP contribution in [0.15, 0.2) is 55.1 Å². The highest BCUT2D eigenvalue weighted by molar-refractivity contribution is 7.02. The zero-order chi connectivity index (χ0) is 16.9. The van der Waals surface area contributed by atoms with Gasteiger partial charge in [0, 0.05) is 17.3 Å². The van der Waals surface area contributed by atoms with Crippen LogP contribution in [0.25, 0.3) is 0 Å². The van der Waals surface area contributed by atoms with Crippen LogP contribution in [0.1, 0.15) is 0 Å². The molecule has 0 bridgehead atoms. The van der Waals surface area contributed by atoms with Crippen LogP contribution in [0, 0.1) is 0 Å². The highest BCUT2D eigenvalue weighted by Crippen LogP contribution is 2.30. The first kappa shape index (κ1) is 17.2. The largest absolute Gasteiger partial charge is 0.497 e. The average Bonchev–Trinajstić information content (AvgIpc) is 2.61. The molecule has 0 radical (unpaired) electrons. The molecular weight excluding hydrogens is 304 g/mol. The van der Waals surface area contributed by atoms with Crippen LogP contribution in [0.2, 0.25) is 12.6 Å². The van der Waals surface area contributed by atoms with Gasteiger partial charge in [0.25, 0.3) is 0 Å². The quantitative estimate of drug-likeness (QED) is 0.577. The number of benzene rings is 2. The lowest BCUT2D eigenvalue weighted by Crippen LogP contribution is -2.56. The third-order valence-electron chi connectivity index (χ3n) is 4.23. The Kier molecular flexibility index (Phi) is 5.50. The first-order chi connectivity index (χ1) is 11.1. The second-order valence-corrected chi connectivity index (χ2v) is 9.75. The van der Waals surface area contributed by atoms with Gasteiger partial charge >= 0.3 is 0 Å². The summed E-state index contributed by atoms with van der Waals surface area (Å²) in [5, 5.41) is 2.45. The number of hydrogen-bond donors (Lipinski definition) is 0. The van der Waals surface area contributed by atoms with Crippen molar-refractivity contribution in [2.75, 3.05) is 21.3 Å². The maximum absolute atomic E-state index is 5.68. The van der Waals surface area contributed by atoms with Gasteiger partial charge in [-0.05, 0) is 6.04 Å². The number of hydrogen-bond acceptors (Lipinski definition) is 3. The molecule has 3 nitrogen and oxygen atoms in total. The summed E-state index contributed by atoms with van der Waals surface area (Å²) < 4.78 is 16.7. The lowest BCUT2D eigenvalue weighted by atomic mass is 10.3. The van der Waals surface area contributed by atoms with Gasteiger partial charge in [-0.3, -0.25) is 0 Å². The summed E-state index contributed by atoms with van der Waals surface area (Å²) in [5.74, 6) is 2.34. The maximum atomic E-state index is 5.68. The summed E-state index contributed by atoms with van der Waals surface area (Å²) in [4.78, 5) is 0. The van der Waals surface area contributed by atoms with E-state index in [1.807, 2.05) is 24.3 Å². The molecule has 0 heterocycles. The minimum atomic E-state index is -2.09. The molecule has 2 aromatic rings. The molecule has 0 spiro atoms. The van der Waals surface area contributed by atoms with E-state index < -0.39 is 8.07 Å². The van der Waals surface area contributed by atoms with E-state index in [0.29, 0.717) is 0 Å². The highest BCUT2D eigenvalue weighted by Gasteiger charge is 2.36. The first-order valence-electron chi connectivity index (χ1n) is 7.57. The van der Waals surface area contributed by atoms with Crippen LogP contribution in [0.3, 0.4) is 0 Å². The van der Waals surface area contributed by atoms with Crippen LogP contribution >= 0.6 is 0 Å². The number of ether oxygens (including phenoxy) is 3. The van der Waals surface area contributed by atoms with Crippen molar-refractivity contribution in [1.29, 1.82) is 0 Å². The SMILES string of the molecule is C=CC[Si@](C)(c1ccccc1)c1c(OC)cc(OC)cc1OC. The van der Waals surface area contributed by atoms with Gasteiger partial charge in [-0.25, -0.2) is 0 Å². The molecule has 0 amide bonds. The second-order valence-electron chi connectivity index (χ2n) is 5.60. The molecule has 0 aliphatic rings. The van der Waals surface area contributed by atoms with Crippen LogP contribution in [-0.4, -0.2) is 29.4 Å². The third-order valence-corrected chi connectivity index (χ3v) is 8.54. The van der Waals surface area contributed by atoms with E-state index in [1.165, 1.54) is 5.19 Å². The molecule has 0 aliphatic heterocycles. The maximum Gasteiger partial charge on any atom is 0.128 e. The van der Waals surface area contributed by atoms with Gasteiger partial charge in [-0.2, -0.15) is 0 Å². The van der Waals surface area contributed by atoms with E-state index in [0.717, 1.165) is 28.5 Å². The van der Waals surface area contributed by atoms with Crippen molar-refractivity contribution >= 4 is 18.4 Å². The Hall–Kier alpha value is -2.20. The van der Waals surface area contributed by atoms with Gasteiger partial charge in [0.1, 0.15) is 25.3 Å². The van der Waals surface area contributed by atoms with Crippen molar-refractivity contribution < 1.29 is 14.2 Å². The number of allylic oxidation sites excluding steroid dienone is 1. The van der Waals surface area contributed by atoms with Crippen molar-refractivity contribution in [2.24, 2.45) is 0 Å². The van der Waals surface area contributed by atoms with Crippen molar-refractivity contribution in [3.63, 3.8) is 0 Å². The third kappa shape index (κ3) is 3.27. The van der Waals surface area contributed by atoms with Crippen LogP contribution in [-0.2, 0) is 0 Å². The number of methoxy groups -OCH3 is 3. The molecule has 1 atom stereocenters. The Morgan fingerprint density at radius 3 is 1.96 bits per heavy atom. The van der Waals surface area contributed by atoms with Gasteiger partial charge in [-0.1, -0.05) is 48.1 Å². The van der Waals surface area contributed by atoms with E-state index in [2.05, 4.69) is 37.4 Å². The molecule has 0 aliphatic carbocycles. The molecule has 0 N–H and O–H groups in total. The van der Waals surface area contributed by atoms with Gasteiger partial charge in [0.05, 0.1) is 21.3 Å². The summed E-state index contributed by atoms with van der Waals surface area (Å²) in [7, 11) is 2.92. The monoisotopic (exact) mass is 328 g/mol. The summed E-state index contributed by atoms with van der Waals surface area (Å²) in [6, 6.07) is 15.3. The van der Waals surface area contributed by atoms with Crippen molar-refractivity contribution in [3.05, 3.63) is 55.1 Å². The minimum Gasteiger partial charge on any atom is -0.497 e. The van der Waals surface area contributed by atoms with Crippen molar-refractivity contribution in [2.45, 2.75) is 12.6 Å². The second kappa shape index (κ2) is 7.37. The fourth-order valence-corrected chi connectivity index (χ4v) is 6.68. The van der Waals surface area contributed by atoms with Gasteiger partial charge in [0.15, 0.2) is 0 Å². The van der Waals surface area contributed by atoms with Crippen molar-refractivity contribution in [1.82, 2.24) is 0 Å². The molecule has 0 saturated carbocycles. The molecular formula is C19H24O3Si. The molecule has 2 aromatic carbocycles. The molecule has 0 unspecified atom stereocenters. The molecule has 4 heteroatoms. The lowest BCUT2D eigenvalue weighted by Gasteiger charge is -2.31. The molecule has 23 heavy (non-hydrogen) atoms. The van der Waals surface area contributed by atoms with Crippen LogP contribution < -0.4 is 24.6 Å². The van der Waals surface area contributed by atoms with Gasteiger partial charge in [-0.15, -0.1) is 6.58 Å². The smallest absolute Gasteiger partial charge is 0.128 e. The van der Waals surface area contributed by atoms with E-state index in [-0.39, 0.29) is 0 Å². The predicted molar refractivity (Wildman–Crippen MR) is 98.4 cm³/mol. The van der Waals surface area contributed by atoms with Gasteiger partial charge in [0.2, 0.25) is 0 Å². The Balaban J connectivity index is 2.75. The Morgan fingerprint density at radius 2 is 1.52 bits per heavy atom. The predicted octanol–water partition coefficient (Wildman–Crippen LogP) is 3.09. The highest BCUT2D eigenvalue weighted by atomic mass is 28.3. The molecule has 0 aromatic heterocycles. The molecule has 0 fully saturated rings. The topological polar surface area (TPSA) is 27.7 Å². The van der Waals surface area contributed by atoms with E-state index in [9.17, 15) is 0 Å². The fourth-order valence-electron chi connectivity index (χ4n) is 3.01. The Labute approximate surface area is 139 Å². The van der Waals surface area contributed by atoms with Crippen LogP contribution in [0.5, 0.6) is 17.2 Å². The van der Waals surface area contributed by atoms with E-state index >= 15 is 0 Å². The Morgan fingerprint density at radius 1 is 0.957 bits per heavy atom. The van der Waals surface area contributed by atoms with E-state index in [1.54, 1.807) is 21.3 Å². The number of rotatable bonds is 7. The molecule has 0 saturated heterocycles. The standard InChI is InChI=1S/C19H24O3Si/c1-6-12-23(5,16-10-8-7-9-11-16)19-17(21-3)13-15(20-2)14-18(19)22-4/h6-11,13-14H,1,12H2,2-5H3/t23-/m1/s1. The summed E-state index contributed by atoms with van der Waals surface area (Å²) in [6.45, 7) is 6.29. The zero-order valence-corrected chi connectivity index (χ0v) is 15.3. The lowest BCUT2D eigenvalue weighted by molar-refractivity contribution is 0.379. The Bertz CT molecular complexity index is 645. The summed E-state index contributed by atoms with van der Waals surface area (Å²) in [6.07, 6.45) is 1.99. The minimum absolute atomic E-state index is 0.727. The zero-order valence-electron chi connectivity index (χ0n) is 14.3. The summed E-state index contributed by atoms with van der Waals surface area (Å²) >= 11 is 0. The van der Waals surface area contributed by atoms with Crippen LogP contribution in [0.4, 0.5) is 0 Å². The summed E-state index contributed by atoms with van der Waals surface area (Å²) in [5.41, 5.74) is 0. The van der Waals surface area contributed by atoms with Crippen molar-refractivity contribution in [3.8, 4) is 17.2 Å². The average molecular weight is 328 g/mol. The normalized spacial score (nSPS) is 13.0. The van der Waals surface area contributed by atoms with Gasteiger partial charge < -0.3 is 14.2 Å². The molecule has 122 valence electrons.